The number of carboxylic acid groups (broad SMARTS) is 1. The summed E-state index contributed by atoms with van der Waals surface area (Å²) in [5, 5.41) is 26.3. The number of aromatic amines is 1. The number of thiophene rings is 1. The van der Waals surface area contributed by atoms with Crippen LogP contribution >= 0.6 is 34.9 Å². The summed E-state index contributed by atoms with van der Waals surface area (Å²) in [5.74, 6) is -3.08. The average Bonchev–Trinajstić information content (AvgIpc) is 3.52. The Hall–Kier alpha value is -2.51. The number of carbonyl (C=O) groups is 3. The fourth-order valence-electron chi connectivity index (χ4n) is 3.62. The monoisotopic (exact) mass is 561 g/mol. The Kier molecular flexibility index (Phi) is 7.48. The van der Waals surface area contributed by atoms with Crippen LogP contribution < -0.4 is 11.1 Å². The Morgan fingerprint density at radius 1 is 1.43 bits per heavy atom. The molecule has 0 aromatic carbocycles. The SMILES string of the molecule is NC(C(=O)NC1C(=O)N2C(C(=O)O)=C(C(CCS(=O)(=O)O)Sc3nn[nH]n3)CS[C@@H]12)c1cccs1. The van der Waals surface area contributed by atoms with E-state index in [0.717, 1.165) is 16.7 Å². The minimum absolute atomic E-state index is 0.125. The summed E-state index contributed by atoms with van der Waals surface area (Å²) in [6.07, 6.45) is -0.159. The minimum atomic E-state index is -4.34. The first-order valence-corrected chi connectivity index (χ1v) is 14.3. The number of tetrazole rings is 1. The number of nitrogens with two attached hydrogens (primary N) is 1. The molecule has 6 N–H and O–H groups in total. The maximum atomic E-state index is 12.9. The van der Waals surface area contributed by atoms with Gasteiger partial charge in [0.15, 0.2) is 0 Å². The molecular formula is C17H19N7O7S4. The molecule has 18 heteroatoms. The largest absolute Gasteiger partial charge is 0.477 e. The molecule has 2 aromatic rings. The highest BCUT2D eigenvalue weighted by Crippen LogP contribution is 2.44. The zero-order chi connectivity index (χ0) is 25.3. The van der Waals surface area contributed by atoms with E-state index in [4.69, 9.17) is 5.73 Å². The van der Waals surface area contributed by atoms with E-state index in [1.165, 1.54) is 23.1 Å². The Morgan fingerprint density at radius 2 is 2.20 bits per heavy atom. The molecule has 0 spiro atoms. The highest BCUT2D eigenvalue weighted by Gasteiger charge is 2.55. The second-order valence-electron chi connectivity index (χ2n) is 7.44. The highest BCUT2D eigenvalue weighted by atomic mass is 32.2. The molecule has 3 unspecified atom stereocenters. The number of aromatic nitrogens is 4. The fourth-order valence-corrected chi connectivity index (χ4v) is 7.57. The van der Waals surface area contributed by atoms with Crippen LogP contribution in [-0.2, 0) is 24.5 Å². The smallest absolute Gasteiger partial charge is 0.352 e. The maximum absolute atomic E-state index is 12.9. The number of hydrogen-bond acceptors (Lipinski definition) is 12. The van der Waals surface area contributed by atoms with Crippen LogP contribution in [0.25, 0.3) is 0 Å². The standard InChI is InChI=1S/C17H19N7O7S4/c18-10(9-2-1-4-32-9)13(25)19-11-14(26)24-12(16(27)28)7(6-33-15(11)24)8(3-5-35(29,30)31)34-17-20-22-23-21-17/h1-2,4,8,10-11,15H,3,5-6,18H2,(H,19,25)(H,27,28)(H,29,30,31)(H,20,21,22,23)/t8?,10?,11?,15-/m0/s1. The topological polar surface area (TPSA) is 222 Å². The summed E-state index contributed by atoms with van der Waals surface area (Å²) in [6, 6.07) is 1.52. The van der Waals surface area contributed by atoms with Crippen molar-refractivity contribution in [2.45, 2.75) is 34.3 Å². The number of carbonyl (C=O) groups excluding carboxylic acids is 2. The number of rotatable bonds is 10. The molecule has 35 heavy (non-hydrogen) atoms. The van der Waals surface area contributed by atoms with Gasteiger partial charge in [-0.25, -0.2) is 4.79 Å². The number of aliphatic carboxylic acids is 1. The number of nitrogens with zero attached hydrogens (tertiary/aromatic N) is 4. The zero-order valence-electron chi connectivity index (χ0n) is 17.6. The quantitative estimate of drug-likeness (QED) is 0.140. The van der Waals surface area contributed by atoms with Crippen LogP contribution in [0.15, 0.2) is 33.9 Å². The number of β-lactam (4-membered cyclic amide) rings is 1. The predicted octanol–water partition coefficient (Wildman–Crippen LogP) is -0.562. The lowest BCUT2D eigenvalue weighted by molar-refractivity contribution is -0.150. The van der Waals surface area contributed by atoms with Crippen LogP contribution in [0.1, 0.15) is 17.3 Å². The van der Waals surface area contributed by atoms with Gasteiger partial charge in [-0.2, -0.15) is 13.6 Å². The van der Waals surface area contributed by atoms with Crippen molar-refractivity contribution in [3.63, 3.8) is 0 Å². The van der Waals surface area contributed by atoms with Gasteiger partial charge in [0.2, 0.25) is 11.1 Å². The van der Waals surface area contributed by atoms with Gasteiger partial charge < -0.3 is 16.2 Å². The Bertz CT molecular complexity index is 1250. The van der Waals surface area contributed by atoms with Crippen LogP contribution in [0.3, 0.4) is 0 Å². The molecular weight excluding hydrogens is 542 g/mol. The van der Waals surface area contributed by atoms with Crippen LogP contribution in [-0.4, -0.2) is 89.6 Å². The molecule has 4 rings (SSSR count). The molecule has 4 atom stereocenters. The van der Waals surface area contributed by atoms with Gasteiger partial charge in [-0.15, -0.1) is 33.3 Å². The van der Waals surface area contributed by atoms with E-state index in [0.29, 0.717) is 4.88 Å². The van der Waals surface area contributed by atoms with Crippen molar-refractivity contribution in [3.8, 4) is 0 Å². The molecule has 2 aliphatic rings. The average molecular weight is 562 g/mol. The molecule has 2 amide bonds. The van der Waals surface area contributed by atoms with Gasteiger partial charge in [-0.3, -0.25) is 19.0 Å². The molecule has 0 aliphatic carbocycles. The first-order chi connectivity index (χ1) is 16.6. The molecule has 1 saturated heterocycles. The molecule has 188 valence electrons. The van der Waals surface area contributed by atoms with Crippen molar-refractivity contribution >= 4 is 62.8 Å². The van der Waals surface area contributed by atoms with Crippen molar-refractivity contribution in [1.29, 1.82) is 0 Å². The third kappa shape index (κ3) is 5.51. The first kappa shape index (κ1) is 25.6. The van der Waals surface area contributed by atoms with E-state index in [2.05, 4.69) is 25.9 Å². The van der Waals surface area contributed by atoms with Gasteiger partial charge >= 0.3 is 5.97 Å². The molecule has 2 aromatic heterocycles. The molecule has 2 aliphatic heterocycles. The van der Waals surface area contributed by atoms with Crippen LogP contribution in [0.4, 0.5) is 0 Å². The number of fused-ring (bicyclic) bond motifs is 1. The Morgan fingerprint density at radius 3 is 2.80 bits per heavy atom. The van der Waals surface area contributed by atoms with E-state index in [1.54, 1.807) is 17.5 Å². The summed E-state index contributed by atoms with van der Waals surface area (Å²) in [7, 11) is -4.34. The van der Waals surface area contributed by atoms with Crippen molar-refractivity contribution in [2.24, 2.45) is 5.73 Å². The Balaban J connectivity index is 1.57. The van der Waals surface area contributed by atoms with Crippen LogP contribution in [0.5, 0.6) is 0 Å². The van der Waals surface area contributed by atoms with E-state index in [9.17, 15) is 32.5 Å². The summed E-state index contributed by atoms with van der Waals surface area (Å²) < 4.78 is 31.9. The summed E-state index contributed by atoms with van der Waals surface area (Å²) in [5.41, 5.74) is 5.93. The maximum Gasteiger partial charge on any atom is 0.352 e. The van der Waals surface area contributed by atoms with Gasteiger partial charge in [0, 0.05) is 15.9 Å². The van der Waals surface area contributed by atoms with Gasteiger partial charge in [0.05, 0.1) is 5.75 Å². The normalized spacial score (nSPS) is 21.8. The van der Waals surface area contributed by atoms with E-state index in [-0.39, 0.29) is 28.6 Å². The number of carboxylic acids is 1. The van der Waals surface area contributed by atoms with Crippen LogP contribution in [0.2, 0.25) is 0 Å². The number of hydrogen-bond donors (Lipinski definition) is 5. The molecule has 0 radical (unpaired) electrons. The summed E-state index contributed by atoms with van der Waals surface area (Å²) >= 11 is 3.48. The van der Waals surface area contributed by atoms with Gasteiger partial charge in [-0.05, 0) is 28.7 Å². The van der Waals surface area contributed by atoms with Crippen LogP contribution in [0, 0.1) is 0 Å². The lowest BCUT2D eigenvalue weighted by Crippen LogP contribution is -2.71. The number of thioether (sulfide) groups is 2. The third-order valence-electron chi connectivity index (χ3n) is 5.23. The zero-order valence-corrected chi connectivity index (χ0v) is 20.9. The molecule has 0 bridgehead atoms. The molecule has 0 saturated carbocycles. The van der Waals surface area contributed by atoms with Crippen molar-refractivity contribution in [3.05, 3.63) is 33.7 Å². The van der Waals surface area contributed by atoms with Crippen molar-refractivity contribution < 1.29 is 32.5 Å². The van der Waals surface area contributed by atoms with Gasteiger partial charge in [0.1, 0.15) is 23.2 Å². The Labute approximate surface area is 210 Å². The highest BCUT2D eigenvalue weighted by molar-refractivity contribution is 8.01. The number of amides is 2. The second-order valence-corrected chi connectivity index (χ2v) is 12.3. The molecule has 4 heterocycles. The second kappa shape index (κ2) is 10.2. The summed E-state index contributed by atoms with van der Waals surface area (Å²) in [6.45, 7) is 0. The van der Waals surface area contributed by atoms with Crippen molar-refractivity contribution in [1.82, 2.24) is 30.8 Å². The van der Waals surface area contributed by atoms with E-state index in [1.807, 2.05) is 0 Å². The van der Waals surface area contributed by atoms with Gasteiger partial charge in [-0.1, -0.05) is 17.8 Å². The number of H-pyrrole nitrogens is 1. The summed E-state index contributed by atoms with van der Waals surface area (Å²) in [4.78, 5) is 39.4. The van der Waals surface area contributed by atoms with E-state index >= 15 is 0 Å². The minimum Gasteiger partial charge on any atom is -0.477 e. The molecule has 14 nitrogen and oxygen atoms in total. The lowest BCUT2D eigenvalue weighted by Gasteiger charge is -2.50. The van der Waals surface area contributed by atoms with E-state index < -0.39 is 56.4 Å². The third-order valence-corrected chi connectivity index (χ3v) is 9.43. The lowest BCUT2D eigenvalue weighted by atomic mass is 10.00. The van der Waals surface area contributed by atoms with Gasteiger partial charge in [0.25, 0.3) is 16.0 Å². The first-order valence-electron chi connectivity index (χ1n) is 9.92. The fraction of sp³-hybridized carbons (Fsp3) is 0.412. The number of nitrogens with one attached hydrogen (secondary N) is 2. The molecule has 1 fully saturated rings. The van der Waals surface area contributed by atoms with Crippen molar-refractivity contribution in [2.75, 3.05) is 11.5 Å². The predicted molar refractivity (Wildman–Crippen MR) is 126 cm³/mol.